The fourth-order valence-electron chi connectivity index (χ4n) is 2.46. The molecule has 90 valence electrons. The molecule has 0 amide bonds. The lowest BCUT2D eigenvalue weighted by atomic mass is 9.90. The van der Waals surface area contributed by atoms with Gasteiger partial charge in [0, 0.05) is 5.88 Å². The van der Waals surface area contributed by atoms with Crippen molar-refractivity contribution in [3.8, 4) is 0 Å². The molecule has 0 spiro atoms. The third-order valence-electron chi connectivity index (χ3n) is 3.25. The summed E-state index contributed by atoms with van der Waals surface area (Å²) in [6, 6.07) is 4.55. The molecular weight excluding hydrogens is 216 g/mol. The molecule has 0 aromatic heterocycles. The van der Waals surface area contributed by atoms with Crippen LogP contribution in [-0.2, 0) is 6.42 Å². The smallest absolute Gasteiger partial charge is 0.0254 e. The second-order valence-electron chi connectivity index (χ2n) is 4.89. The molecule has 0 heterocycles. The summed E-state index contributed by atoms with van der Waals surface area (Å²) in [5, 5.41) is 0. The summed E-state index contributed by atoms with van der Waals surface area (Å²) in [6.07, 6.45) is 3.59. The van der Waals surface area contributed by atoms with E-state index in [4.69, 9.17) is 11.6 Å². The van der Waals surface area contributed by atoms with Crippen LogP contribution in [0.15, 0.2) is 12.1 Å². The Balaban J connectivity index is 2.87. The van der Waals surface area contributed by atoms with Crippen molar-refractivity contribution in [2.24, 2.45) is 5.92 Å². The number of alkyl halides is 1. The normalized spacial score (nSPS) is 12.8. The predicted molar refractivity (Wildman–Crippen MR) is 73.5 cm³/mol. The van der Waals surface area contributed by atoms with Gasteiger partial charge in [-0.1, -0.05) is 31.0 Å². The molecule has 0 radical (unpaired) electrons. The van der Waals surface area contributed by atoms with E-state index in [9.17, 15) is 0 Å². The highest BCUT2D eigenvalue weighted by Gasteiger charge is 2.11. The molecular formula is C15H23Cl. The van der Waals surface area contributed by atoms with E-state index in [1.165, 1.54) is 35.1 Å². The molecule has 1 rings (SSSR count). The van der Waals surface area contributed by atoms with Gasteiger partial charge in [0.15, 0.2) is 0 Å². The molecule has 0 saturated heterocycles. The van der Waals surface area contributed by atoms with Gasteiger partial charge < -0.3 is 0 Å². The molecule has 0 saturated carbocycles. The number of hydrogen-bond acceptors (Lipinski definition) is 0. The average molecular weight is 239 g/mol. The largest absolute Gasteiger partial charge is 0.126 e. The lowest BCUT2D eigenvalue weighted by Gasteiger charge is -2.17. The summed E-state index contributed by atoms with van der Waals surface area (Å²) >= 11 is 6.03. The maximum absolute atomic E-state index is 6.03. The molecule has 0 N–H and O–H groups in total. The zero-order valence-corrected chi connectivity index (χ0v) is 11.7. The maximum Gasteiger partial charge on any atom is 0.0254 e. The van der Waals surface area contributed by atoms with E-state index in [0.29, 0.717) is 5.92 Å². The summed E-state index contributed by atoms with van der Waals surface area (Å²) in [6.45, 7) is 8.82. The molecule has 16 heavy (non-hydrogen) atoms. The van der Waals surface area contributed by atoms with Crippen LogP contribution in [-0.4, -0.2) is 5.88 Å². The topological polar surface area (TPSA) is 0 Å². The average Bonchev–Trinajstić information content (AvgIpc) is 2.21. The first kappa shape index (κ1) is 13.6. The molecule has 1 aromatic rings. The Kier molecular flexibility index (Phi) is 5.34. The monoisotopic (exact) mass is 238 g/mol. The van der Waals surface area contributed by atoms with Gasteiger partial charge in [-0.25, -0.2) is 0 Å². The van der Waals surface area contributed by atoms with Crippen LogP contribution in [0.5, 0.6) is 0 Å². The number of hydrogen-bond donors (Lipinski definition) is 0. The Morgan fingerprint density at radius 1 is 1.12 bits per heavy atom. The molecule has 0 aliphatic heterocycles. The van der Waals surface area contributed by atoms with Crippen LogP contribution >= 0.6 is 11.6 Å². The second-order valence-corrected chi connectivity index (χ2v) is 5.20. The first-order valence-corrected chi connectivity index (χ1v) is 6.74. The third kappa shape index (κ3) is 3.52. The van der Waals surface area contributed by atoms with Crippen molar-refractivity contribution < 1.29 is 0 Å². The molecule has 1 heteroatoms. The number of benzene rings is 1. The van der Waals surface area contributed by atoms with E-state index < -0.39 is 0 Å². The highest BCUT2D eigenvalue weighted by Crippen LogP contribution is 2.22. The first-order valence-electron chi connectivity index (χ1n) is 6.21. The van der Waals surface area contributed by atoms with Crippen molar-refractivity contribution in [3.05, 3.63) is 34.4 Å². The van der Waals surface area contributed by atoms with Crippen LogP contribution in [0.25, 0.3) is 0 Å². The number of aryl methyl sites for hydroxylation is 3. The highest BCUT2D eigenvalue weighted by molar-refractivity contribution is 6.18. The fourth-order valence-corrected chi connectivity index (χ4v) is 2.73. The van der Waals surface area contributed by atoms with E-state index in [1.807, 2.05) is 0 Å². The van der Waals surface area contributed by atoms with E-state index in [-0.39, 0.29) is 0 Å². The van der Waals surface area contributed by atoms with Crippen molar-refractivity contribution in [2.45, 2.75) is 47.0 Å². The summed E-state index contributed by atoms with van der Waals surface area (Å²) in [4.78, 5) is 0. The quantitative estimate of drug-likeness (QED) is 0.646. The van der Waals surface area contributed by atoms with Crippen molar-refractivity contribution in [3.63, 3.8) is 0 Å². The van der Waals surface area contributed by atoms with Gasteiger partial charge in [0.1, 0.15) is 0 Å². The van der Waals surface area contributed by atoms with Gasteiger partial charge in [-0.05, 0) is 56.2 Å². The number of halogens is 1. The zero-order chi connectivity index (χ0) is 12.1. The Morgan fingerprint density at radius 2 is 1.69 bits per heavy atom. The minimum atomic E-state index is 0.631. The lowest BCUT2D eigenvalue weighted by Crippen LogP contribution is -2.08. The van der Waals surface area contributed by atoms with Crippen molar-refractivity contribution in [2.75, 3.05) is 5.88 Å². The van der Waals surface area contributed by atoms with Gasteiger partial charge in [0.2, 0.25) is 0 Å². The van der Waals surface area contributed by atoms with E-state index in [0.717, 1.165) is 12.3 Å². The zero-order valence-electron chi connectivity index (χ0n) is 10.9. The third-order valence-corrected chi connectivity index (χ3v) is 3.68. The van der Waals surface area contributed by atoms with Crippen LogP contribution in [0.2, 0.25) is 0 Å². The van der Waals surface area contributed by atoms with Crippen LogP contribution in [0, 0.1) is 26.7 Å². The maximum atomic E-state index is 6.03. The number of rotatable bonds is 5. The molecule has 1 atom stereocenters. The van der Waals surface area contributed by atoms with Gasteiger partial charge in [-0.3, -0.25) is 0 Å². The summed E-state index contributed by atoms with van der Waals surface area (Å²) in [7, 11) is 0. The SMILES string of the molecule is CCCC(CCl)Cc1c(C)cc(C)cc1C. The minimum absolute atomic E-state index is 0.631. The Bertz CT molecular complexity index is 318. The standard InChI is InChI=1S/C15H23Cl/c1-5-6-14(10-16)9-15-12(3)7-11(2)8-13(15)4/h7-8,14H,5-6,9-10H2,1-4H3. The molecule has 0 bridgehead atoms. The van der Waals surface area contributed by atoms with Gasteiger partial charge >= 0.3 is 0 Å². The summed E-state index contributed by atoms with van der Waals surface area (Å²) in [5.74, 6) is 1.41. The molecule has 0 fully saturated rings. The van der Waals surface area contributed by atoms with Gasteiger partial charge in [0.25, 0.3) is 0 Å². The second kappa shape index (κ2) is 6.30. The van der Waals surface area contributed by atoms with Crippen molar-refractivity contribution >= 4 is 11.6 Å². The van der Waals surface area contributed by atoms with Crippen LogP contribution in [0.4, 0.5) is 0 Å². The highest BCUT2D eigenvalue weighted by atomic mass is 35.5. The van der Waals surface area contributed by atoms with Crippen molar-refractivity contribution in [1.82, 2.24) is 0 Å². The Labute approximate surface area is 105 Å². The van der Waals surface area contributed by atoms with Gasteiger partial charge in [-0.15, -0.1) is 11.6 Å². The Morgan fingerprint density at radius 3 is 2.12 bits per heavy atom. The van der Waals surface area contributed by atoms with Crippen molar-refractivity contribution in [1.29, 1.82) is 0 Å². The molecule has 0 nitrogen and oxygen atoms in total. The summed E-state index contributed by atoms with van der Waals surface area (Å²) < 4.78 is 0. The molecule has 1 aromatic carbocycles. The van der Waals surface area contributed by atoms with Gasteiger partial charge in [0.05, 0.1) is 0 Å². The Hall–Kier alpha value is -0.490. The van der Waals surface area contributed by atoms with Crippen LogP contribution < -0.4 is 0 Å². The molecule has 0 aliphatic carbocycles. The minimum Gasteiger partial charge on any atom is -0.126 e. The lowest BCUT2D eigenvalue weighted by molar-refractivity contribution is 0.526. The molecule has 0 aliphatic rings. The van der Waals surface area contributed by atoms with E-state index in [2.05, 4.69) is 39.8 Å². The van der Waals surface area contributed by atoms with Crippen LogP contribution in [0.1, 0.15) is 42.0 Å². The van der Waals surface area contributed by atoms with E-state index in [1.54, 1.807) is 0 Å². The van der Waals surface area contributed by atoms with Gasteiger partial charge in [-0.2, -0.15) is 0 Å². The predicted octanol–water partition coefficient (Wildman–Crippen LogP) is 4.81. The molecule has 1 unspecified atom stereocenters. The fraction of sp³-hybridized carbons (Fsp3) is 0.600. The van der Waals surface area contributed by atoms with Crippen LogP contribution in [0.3, 0.4) is 0 Å². The summed E-state index contributed by atoms with van der Waals surface area (Å²) in [5.41, 5.74) is 5.70. The first-order chi connectivity index (χ1) is 7.58. The van der Waals surface area contributed by atoms with E-state index >= 15 is 0 Å².